The van der Waals surface area contributed by atoms with Gasteiger partial charge in [-0.15, -0.1) is 5.10 Å². The maximum absolute atomic E-state index is 13.5. The van der Waals surface area contributed by atoms with Crippen LogP contribution in [-0.2, 0) is 4.79 Å². The van der Waals surface area contributed by atoms with E-state index >= 15 is 0 Å². The van der Waals surface area contributed by atoms with Crippen molar-refractivity contribution in [2.75, 3.05) is 0 Å². The van der Waals surface area contributed by atoms with Gasteiger partial charge in [-0.3, -0.25) is 9.59 Å². The van der Waals surface area contributed by atoms with E-state index in [0.29, 0.717) is 11.6 Å². The number of amides is 2. The van der Waals surface area contributed by atoms with Crippen LogP contribution in [0.25, 0.3) is 0 Å². The van der Waals surface area contributed by atoms with Crippen LogP contribution in [0, 0.1) is 0 Å². The molecular weight excluding hydrogens is 396 g/mol. The fourth-order valence-corrected chi connectivity index (χ4v) is 4.44. The molecule has 2 amide bonds. The molecule has 3 rings (SSSR count). The first-order valence-corrected chi connectivity index (χ1v) is 11.5. The number of carbonyl (C=O) groups excluding carboxylic acids is 2. The van der Waals surface area contributed by atoms with Gasteiger partial charge in [0.15, 0.2) is 5.69 Å². The summed E-state index contributed by atoms with van der Waals surface area (Å²) in [5.74, 6) is 0.00966. The molecule has 0 aliphatic heterocycles. The second-order valence-electron chi connectivity index (χ2n) is 9.40. The lowest BCUT2D eigenvalue weighted by atomic mass is 9.95. The zero-order valence-electron chi connectivity index (χ0n) is 18.5. The highest BCUT2D eigenvalue weighted by Crippen LogP contribution is 2.34. The van der Waals surface area contributed by atoms with E-state index in [0.717, 1.165) is 42.8 Å². The van der Waals surface area contributed by atoms with E-state index in [9.17, 15) is 9.59 Å². The Labute approximate surface area is 183 Å². The molecule has 162 valence electrons. The van der Waals surface area contributed by atoms with E-state index in [2.05, 4.69) is 40.9 Å². The van der Waals surface area contributed by atoms with E-state index in [1.54, 1.807) is 10.3 Å². The standard InChI is InChI=1S/C23H32N4O2S/c1-15(2)16-10-12-17(13-11-16)20(21(28)24-23(3,4)5)27(18-8-6-7-9-18)22(29)19-14-30-26-25-19/h10-15,18,20H,6-9H2,1-5H3,(H,24,28)/t20-/m1/s1. The first-order chi connectivity index (χ1) is 14.2. The molecule has 1 saturated carbocycles. The number of nitrogens with one attached hydrogen (secondary N) is 1. The highest BCUT2D eigenvalue weighted by molar-refractivity contribution is 7.03. The summed E-state index contributed by atoms with van der Waals surface area (Å²) in [6.07, 6.45) is 3.91. The van der Waals surface area contributed by atoms with Crippen LogP contribution < -0.4 is 5.32 Å². The lowest BCUT2D eigenvalue weighted by molar-refractivity contribution is -0.128. The Balaban J connectivity index is 2.06. The molecule has 1 heterocycles. The second kappa shape index (κ2) is 9.25. The Kier molecular flexibility index (Phi) is 6.91. The van der Waals surface area contributed by atoms with Crippen LogP contribution in [0.5, 0.6) is 0 Å². The lowest BCUT2D eigenvalue weighted by Gasteiger charge is -2.37. The highest BCUT2D eigenvalue weighted by Gasteiger charge is 2.39. The van der Waals surface area contributed by atoms with Crippen LogP contribution in [0.15, 0.2) is 29.6 Å². The van der Waals surface area contributed by atoms with Gasteiger partial charge in [-0.1, -0.05) is 55.4 Å². The van der Waals surface area contributed by atoms with Crippen molar-refractivity contribution in [3.05, 3.63) is 46.5 Å². The zero-order valence-corrected chi connectivity index (χ0v) is 19.3. The molecule has 1 N–H and O–H groups in total. The average molecular weight is 429 g/mol. The number of hydrogen-bond donors (Lipinski definition) is 1. The van der Waals surface area contributed by atoms with Crippen LogP contribution in [0.2, 0.25) is 0 Å². The minimum Gasteiger partial charge on any atom is -0.349 e. The van der Waals surface area contributed by atoms with E-state index in [-0.39, 0.29) is 17.9 Å². The SMILES string of the molecule is CC(C)c1ccc([C@H](C(=O)NC(C)(C)C)N(C(=O)c2csnn2)C2CCCC2)cc1. The summed E-state index contributed by atoms with van der Waals surface area (Å²) in [4.78, 5) is 28.8. The molecule has 1 atom stereocenters. The maximum Gasteiger partial charge on any atom is 0.276 e. The molecule has 0 radical (unpaired) electrons. The van der Waals surface area contributed by atoms with Crippen LogP contribution in [0.3, 0.4) is 0 Å². The van der Waals surface area contributed by atoms with Crippen molar-refractivity contribution in [2.45, 2.75) is 83.8 Å². The van der Waals surface area contributed by atoms with Gasteiger partial charge in [0.2, 0.25) is 5.91 Å². The maximum atomic E-state index is 13.5. The van der Waals surface area contributed by atoms with Crippen LogP contribution in [0.1, 0.15) is 93.9 Å². The van der Waals surface area contributed by atoms with E-state index < -0.39 is 11.6 Å². The minimum absolute atomic E-state index is 0.0136. The van der Waals surface area contributed by atoms with Crippen molar-refractivity contribution in [1.82, 2.24) is 19.8 Å². The molecule has 2 aromatic rings. The Morgan fingerprint density at radius 3 is 2.20 bits per heavy atom. The van der Waals surface area contributed by atoms with Gasteiger partial charge in [-0.25, -0.2) is 0 Å². The number of carbonyl (C=O) groups is 2. The number of nitrogens with zero attached hydrogens (tertiary/aromatic N) is 3. The quantitative estimate of drug-likeness (QED) is 0.723. The van der Waals surface area contributed by atoms with Crippen LogP contribution in [0.4, 0.5) is 0 Å². The van der Waals surface area contributed by atoms with E-state index in [1.165, 1.54) is 5.56 Å². The summed E-state index contributed by atoms with van der Waals surface area (Å²) in [5, 5.41) is 8.75. The van der Waals surface area contributed by atoms with Gasteiger partial charge < -0.3 is 10.2 Å². The molecule has 0 spiro atoms. The molecule has 30 heavy (non-hydrogen) atoms. The van der Waals surface area contributed by atoms with Crippen molar-refractivity contribution >= 4 is 23.3 Å². The van der Waals surface area contributed by atoms with Gasteiger partial charge in [0.25, 0.3) is 5.91 Å². The number of rotatable bonds is 6. The highest BCUT2D eigenvalue weighted by atomic mass is 32.1. The molecule has 1 aliphatic carbocycles. The monoisotopic (exact) mass is 428 g/mol. The summed E-state index contributed by atoms with van der Waals surface area (Å²) in [6, 6.07) is 7.38. The number of benzene rings is 1. The van der Waals surface area contributed by atoms with Gasteiger partial charge in [-0.05, 0) is 62.2 Å². The molecular formula is C23H32N4O2S. The minimum atomic E-state index is -0.706. The van der Waals surface area contributed by atoms with Crippen LogP contribution in [-0.4, -0.2) is 37.9 Å². The largest absolute Gasteiger partial charge is 0.349 e. The molecule has 0 bridgehead atoms. The predicted molar refractivity (Wildman–Crippen MR) is 120 cm³/mol. The fraction of sp³-hybridized carbons (Fsp3) is 0.565. The third-order valence-corrected chi connectivity index (χ3v) is 5.98. The lowest BCUT2D eigenvalue weighted by Crippen LogP contribution is -2.51. The van der Waals surface area contributed by atoms with Gasteiger partial charge >= 0.3 is 0 Å². The topological polar surface area (TPSA) is 75.2 Å². The first kappa shape index (κ1) is 22.4. The number of aromatic nitrogens is 2. The van der Waals surface area contributed by atoms with Gasteiger partial charge in [-0.2, -0.15) is 0 Å². The third kappa shape index (κ3) is 5.25. The number of hydrogen-bond acceptors (Lipinski definition) is 5. The molecule has 1 fully saturated rings. The summed E-state index contributed by atoms with van der Waals surface area (Å²) in [7, 11) is 0. The van der Waals surface area contributed by atoms with Crippen molar-refractivity contribution in [3.63, 3.8) is 0 Å². The Morgan fingerprint density at radius 1 is 1.10 bits per heavy atom. The summed E-state index contributed by atoms with van der Waals surface area (Å²) >= 11 is 1.15. The van der Waals surface area contributed by atoms with Gasteiger partial charge in [0.1, 0.15) is 6.04 Å². The second-order valence-corrected chi connectivity index (χ2v) is 10.0. The fourth-order valence-electron chi connectivity index (χ4n) is 4.01. The van der Waals surface area contributed by atoms with Crippen molar-refractivity contribution in [2.24, 2.45) is 0 Å². The summed E-state index contributed by atoms with van der Waals surface area (Å²) < 4.78 is 3.86. The average Bonchev–Trinajstić information content (AvgIpc) is 3.37. The Morgan fingerprint density at radius 2 is 1.70 bits per heavy atom. The molecule has 1 aliphatic rings. The molecule has 1 aromatic carbocycles. The molecule has 6 nitrogen and oxygen atoms in total. The zero-order chi connectivity index (χ0) is 21.9. The van der Waals surface area contributed by atoms with Gasteiger partial charge in [0.05, 0.1) is 0 Å². The van der Waals surface area contributed by atoms with Crippen molar-refractivity contribution in [3.8, 4) is 0 Å². The van der Waals surface area contributed by atoms with Crippen LogP contribution >= 0.6 is 11.5 Å². The molecule has 0 unspecified atom stereocenters. The summed E-state index contributed by atoms with van der Waals surface area (Å²) in [5.41, 5.74) is 1.93. The molecule has 0 saturated heterocycles. The molecule has 1 aromatic heterocycles. The summed E-state index contributed by atoms with van der Waals surface area (Å²) in [6.45, 7) is 10.1. The molecule has 7 heteroatoms. The van der Waals surface area contributed by atoms with E-state index in [1.807, 2.05) is 32.9 Å². The van der Waals surface area contributed by atoms with Gasteiger partial charge in [0, 0.05) is 17.0 Å². The first-order valence-electron chi connectivity index (χ1n) is 10.7. The Hall–Kier alpha value is -2.28. The predicted octanol–water partition coefficient (Wildman–Crippen LogP) is 4.70. The van der Waals surface area contributed by atoms with Crippen molar-refractivity contribution < 1.29 is 9.59 Å². The third-order valence-electron chi connectivity index (χ3n) is 5.48. The Bertz CT molecular complexity index is 850. The smallest absolute Gasteiger partial charge is 0.276 e. The normalized spacial score (nSPS) is 15.9. The van der Waals surface area contributed by atoms with Crippen molar-refractivity contribution in [1.29, 1.82) is 0 Å². The van der Waals surface area contributed by atoms with E-state index in [4.69, 9.17) is 0 Å².